The number of hydrogen-bond acceptors (Lipinski definition) is 5. The molecule has 0 atom stereocenters. The Bertz CT molecular complexity index is 839. The first-order valence-electron chi connectivity index (χ1n) is 6.79. The summed E-state index contributed by atoms with van der Waals surface area (Å²) in [5.74, 6) is -0.374. The van der Waals surface area contributed by atoms with Gasteiger partial charge in [0.05, 0.1) is 39.7 Å². The van der Waals surface area contributed by atoms with Gasteiger partial charge in [0.1, 0.15) is 0 Å². The second kappa shape index (κ2) is 7.83. The van der Waals surface area contributed by atoms with E-state index in [4.69, 9.17) is 27.9 Å². The molecule has 0 saturated heterocycles. The van der Waals surface area contributed by atoms with Crippen molar-refractivity contribution in [2.45, 2.75) is 11.3 Å². The summed E-state index contributed by atoms with van der Waals surface area (Å²) in [6.07, 6.45) is 1.22. The molecule has 0 aliphatic rings. The van der Waals surface area contributed by atoms with Gasteiger partial charge in [0.2, 0.25) is 11.8 Å². The number of halogens is 2. The maximum absolute atomic E-state index is 12.2. The van der Waals surface area contributed by atoms with Gasteiger partial charge in [-0.3, -0.25) is 4.79 Å². The van der Waals surface area contributed by atoms with E-state index in [1.54, 1.807) is 12.1 Å². The van der Waals surface area contributed by atoms with Gasteiger partial charge in [0, 0.05) is 12.5 Å². The van der Waals surface area contributed by atoms with Crippen molar-refractivity contribution >= 4 is 44.6 Å². The zero-order chi connectivity index (χ0) is 17.7. The largest absolute Gasteiger partial charge is 0.481 e. The van der Waals surface area contributed by atoms with Crippen molar-refractivity contribution < 1.29 is 17.9 Å². The van der Waals surface area contributed by atoms with Gasteiger partial charge in [0.15, 0.2) is 9.84 Å². The lowest BCUT2D eigenvalue weighted by Crippen LogP contribution is -2.17. The van der Waals surface area contributed by atoms with E-state index < -0.39 is 15.7 Å². The van der Waals surface area contributed by atoms with Crippen LogP contribution in [0.4, 0.5) is 5.69 Å². The summed E-state index contributed by atoms with van der Waals surface area (Å²) in [5, 5.41) is 2.98. The van der Waals surface area contributed by atoms with Crippen molar-refractivity contribution in [1.82, 2.24) is 4.98 Å². The molecule has 9 heteroatoms. The number of benzene rings is 1. The minimum atomic E-state index is -3.64. The van der Waals surface area contributed by atoms with Gasteiger partial charge in [-0.25, -0.2) is 13.4 Å². The van der Waals surface area contributed by atoms with E-state index >= 15 is 0 Å². The van der Waals surface area contributed by atoms with E-state index in [0.29, 0.717) is 11.6 Å². The number of pyridine rings is 1. The highest BCUT2D eigenvalue weighted by molar-refractivity contribution is 7.91. The molecule has 6 nitrogen and oxygen atoms in total. The first-order chi connectivity index (χ1) is 11.3. The minimum Gasteiger partial charge on any atom is -0.481 e. The maximum atomic E-state index is 12.2. The van der Waals surface area contributed by atoms with Crippen LogP contribution in [0.15, 0.2) is 41.4 Å². The van der Waals surface area contributed by atoms with Crippen LogP contribution in [0.1, 0.15) is 6.42 Å². The molecule has 1 amide bonds. The Morgan fingerprint density at radius 3 is 2.54 bits per heavy atom. The summed E-state index contributed by atoms with van der Waals surface area (Å²) in [6, 6.07) is 7.22. The van der Waals surface area contributed by atoms with Crippen molar-refractivity contribution in [2.75, 3.05) is 18.2 Å². The molecule has 128 valence electrons. The first kappa shape index (κ1) is 18.5. The highest BCUT2D eigenvalue weighted by Gasteiger charge is 2.18. The molecule has 1 aromatic carbocycles. The lowest BCUT2D eigenvalue weighted by Gasteiger charge is -2.07. The fourth-order valence-corrected chi connectivity index (χ4v) is 3.44. The van der Waals surface area contributed by atoms with Crippen molar-refractivity contribution in [3.8, 4) is 5.88 Å². The molecule has 2 rings (SSSR count). The molecule has 0 aliphatic carbocycles. The number of carbonyl (C=O) groups is 1. The van der Waals surface area contributed by atoms with Crippen LogP contribution >= 0.6 is 23.2 Å². The van der Waals surface area contributed by atoms with Gasteiger partial charge >= 0.3 is 0 Å². The van der Waals surface area contributed by atoms with Crippen LogP contribution in [0.2, 0.25) is 10.0 Å². The van der Waals surface area contributed by atoms with Gasteiger partial charge in [0.25, 0.3) is 0 Å². The van der Waals surface area contributed by atoms with Crippen LogP contribution in [0.3, 0.4) is 0 Å². The number of anilines is 1. The van der Waals surface area contributed by atoms with E-state index in [1.165, 1.54) is 31.5 Å². The molecule has 0 fully saturated rings. The molecule has 0 bridgehead atoms. The number of nitrogens with one attached hydrogen (secondary N) is 1. The summed E-state index contributed by atoms with van der Waals surface area (Å²) >= 11 is 11.6. The summed E-state index contributed by atoms with van der Waals surface area (Å²) in [7, 11) is -2.16. The molecule has 2 aromatic rings. The highest BCUT2D eigenvalue weighted by Crippen LogP contribution is 2.25. The molecule has 0 spiro atoms. The molecule has 0 unspecified atom stereocenters. The second-order valence-corrected chi connectivity index (χ2v) is 7.71. The third-order valence-electron chi connectivity index (χ3n) is 3.08. The van der Waals surface area contributed by atoms with Crippen molar-refractivity contribution in [3.63, 3.8) is 0 Å². The quantitative estimate of drug-likeness (QED) is 0.820. The van der Waals surface area contributed by atoms with Crippen molar-refractivity contribution in [3.05, 3.63) is 46.6 Å². The Kier molecular flexibility index (Phi) is 6.04. The molecule has 1 N–H and O–H groups in total. The lowest BCUT2D eigenvalue weighted by atomic mass is 10.4. The standard InChI is InChI=1S/C15H14Cl2N2O4S/c1-23-15-5-2-10(9-18-15)19-14(20)6-7-24(21,22)11-3-4-12(16)13(17)8-11/h2-5,8-9H,6-7H2,1H3,(H,19,20). The predicted octanol–water partition coefficient (Wildman–Crippen LogP) is 3.20. The smallest absolute Gasteiger partial charge is 0.225 e. The highest BCUT2D eigenvalue weighted by atomic mass is 35.5. The third kappa shape index (κ3) is 4.83. The van der Waals surface area contributed by atoms with Crippen LogP contribution in [0, 0.1) is 0 Å². The van der Waals surface area contributed by atoms with Crippen LogP contribution < -0.4 is 10.1 Å². The first-order valence-corrected chi connectivity index (χ1v) is 9.20. The Morgan fingerprint density at radius 2 is 1.96 bits per heavy atom. The summed E-state index contributed by atoms with van der Waals surface area (Å²) in [5.41, 5.74) is 0.452. The number of amides is 1. The molecule has 0 radical (unpaired) electrons. The van der Waals surface area contributed by atoms with E-state index in [0.717, 1.165) is 0 Å². The monoisotopic (exact) mass is 388 g/mol. The van der Waals surface area contributed by atoms with Crippen molar-refractivity contribution in [2.24, 2.45) is 0 Å². The van der Waals surface area contributed by atoms with Gasteiger partial charge in [-0.1, -0.05) is 23.2 Å². The van der Waals surface area contributed by atoms with E-state index in [-0.39, 0.29) is 27.1 Å². The minimum absolute atomic E-state index is 0.0239. The SMILES string of the molecule is COc1ccc(NC(=O)CCS(=O)(=O)c2ccc(Cl)c(Cl)c2)cn1. The van der Waals surface area contributed by atoms with Crippen molar-refractivity contribution in [1.29, 1.82) is 0 Å². The summed E-state index contributed by atoms with van der Waals surface area (Å²) < 4.78 is 29.4. The van der Waals surface area contributed by atoms with Crippen LogP contribution in [0.5, 0.6) is 5.88 Å². The average molecular weight is 389 g/mol. The van der Waals surface area contributed by atoms with Crippen LogP contribution in [0.25, 0.3) is 0 Å². The second-order valence-electron chi connectivity index (χ2n) is 4.78. The van der Waals surface area contributed by atoms with Gasteiger partial charge < -0.3 is 10.1 Å². The predicted molar refractivity (Wildman–Crippen MR) is 92.6 cm³/mol. The van der Waals surface area contributed by atoms with E-state index in [9.17, 15) is 13.2 Å². The molecule has 24 heavy (non-hydrogen) atoms. The van der Waals surface area contributed by atoms with E-state index in [2.05, 4.69) is 10.3 Å². The zero-order valence-electron chi connectivity index (χ0n) is 12.6. The molecule has 0 aliphatic heterocycles. The fourth-order valence-electron chi connectivity index (χ4n) is 1.81. The summed E-state index contributed by atoms with van der Waals surface area (Å²) in [4.78, 5) is 15.9. The summed E-state index contributed by atoms with van der Waals surface area (Å²) in [6.45, 7) is 0. The molecule has 1 heterocycles. The molecular formula is C15H14Cl2N2O4S. The number of carbonyl (C=O) groups excluding carboxylic acids is 1. The van der Waals surface area contributed by atoms with Crippen LogP contribution in [-0.4, -0.2) is 32.2 Å². The number of sulfone groups is 1. The number of methoxy groups -OCH3 is 1. The number of rotatable bonds is 6. The normalized spacial score (nSPS) is 11.1. The Morgan fingerprint density at radius 1 is 1.21 bits per heavy atom. The van der Waals surface area contributed by atoms with Gasteiger partial charge in [-0.2, -0.15) is 0 Å². The Hall–Kier alpha value is -1.83. The number of aromatic nitrogens is 1. The third-order valence-corrected chi connectivity index (χ3v) is 5.53. The van der Waals surface area contributed by atoms with E-state index in [1.807, 2.05) is 0 Å². The molecule has 0 saturated carbocycles. The molecule has 1 aromatic heterocycles. The number of hydrogen-bond donors (Lipinski definition) is 1. The zero-order valence-corrected chi connectivity index (χ0v) is 15.0. The average Bonchev–Trinajstić information content (AvgIpc) is 2.56. The maximum Gasteiger partial charge on any atom is 0.225 e. The van der Waals surface area contributed by atoms with Gasteiger partial charge in [-0.15, -0.1) is 0 Å². The molecular weight excluding hydrogens is 375 g/mol. The Labute approximate surface area is 149 Å². The Balaban J connectivity index is 1.97. The van der Waals surface area contributed by atoms with Gasteiger partial charge in [-0.05, 0) is 24.3 Å². The fraction of sp³-hybridized carbons (Fsp3) is 0.200. The topological polar surface area (TPSA) is 85.4 Å². The van der Waals surface area contributed by atoms with Crippen LogP contribution in [-0.2, 0) is 14.6 Å². The lowest BCUT2D eigenvalue weighted by molar-refractivity contribution is -0.115. The number of nitrogens with zero attached hydrogens (tertiary/aromatic N) is 1. The number of ether oxygens (including phenoxy) is 1.